The predicted octanol–water partition coefficient (Wildman–Crippen LogP) is 2.35. The summed E-state index contributed by atoms with van der Waals surface area (Å²) < 4.78 is 21.3. The third-order valence-electron chi connectivity index (χ3n) is 2.14. The summed E-state index contributed by atoms with van der Waals surface area (Å²) in [7, 11) is -3.36. The molecule has 17 heavy (non-hydrogen) atoms. The highest BCUT2D eigenvalue weighted by atomic mass is 32.8. The van der Waals surface area contributed by atoms with E-state index < -0.39 is 8.77 Å². The molecule has 0 aliphatic heterocycles. The van der Waals surface area contributed by atoms with Gasteiger partial charge in [-0.25, -0.2) is 9.19 Å². The maximum atomic E-state index is 11.5. The molecule has 90 valence electrons. The second kappa shape index (κ2) is 4.77. The van der Waals surface area contributed by atoms with Gasteiger partial charge in [0.15, 0.2) is 8.77 Å². The zero-order valence-corrected chi connectivity index (χ0v) is 11.4. The Morgan fingerprint density at radius 3 is 2.82 bits per heavy atom. The number of thiazole rings is 1. The minimum absolute atomic E-state index is 0.286. The van der Waals surface area contributed by atoms with Gasteiger partial charge in [-0.3, -0.25) is 4.98 Å². The molecule has 0 amide bonds. The second-order valence-corrected chi connectivity index (χ2v) is 7.29. The lowest BCUT2D eigenvalue weighted by atomic mass is 10.3. The fourth-order valence-electron chi connectivity index (χ4n) is 1.38. The standard InChI is InChI=1S/C10H10N2O2S3/c1-2-8-10(17(13,14)15)16-9(12-8)7-4-3-5-11-6-7/h3-6H,2H2,1H3,(H,13,14,15). The smallest absolute Gasteiger partial charge is 0.182 e. The summed E-state index contributed by atoms with van der Waals surface area (Å²) in [6, 6.07) is 3.66. The monoisotopic (exact) mass is 286 g/mol. The van der Waals surface area contributed by atoms with E-state index in [9.17, 15) is 8.76 Å². The number of nitrogens with zero attached hydrogens (tertiary/aromatic N) is 2. The van der Waals surface area contributed by atoms with E-state index in [2.05, 4.69) is 21.2 Å². The van der Waals surface area contributed by atoms with Crippen molar-refractivity contribution >= 4 is 31.3 Å². The molecule has 1 atom stereocenters. The Morgan fingerprint density at radius 2 is 2.35 bits per heavy atom. The first-order chi connectivity index (χ1) is 8.02. The van der Waals surface area contributed by atoms with Crippen molar-refractivity contribution in [3.63, 3.8) is 0 Å². The van der Waals surface area contributed by atoms with Crippen molar-refractivity contribution in [2.75, 3.05) is 0 Å². The van der Waals surface area contributed by atoms with Gasteiger partial charge in [-0.15, -0.1) is 11.3 Å². The molecule has 0 aliphatic rings. The molecule has 2 heterocycles. The number of pyridine rings is 1. The summed E-state index contributed by atoms with van der Waals surface area (Å²) in [5.41, 5.74) is 1.42. The first-order valence-corrected chi connectivity index (χ1v) is 8.15. The molecule has 0 spiro atoms. The van der Waals surface area contributed by atoms with E-state index in [-0.39, 0.29) is 4.21 Å². The van der Waals surface area contributed by atoms with Gasteiger partial charge in [-0.2, -0.15) is 0 Å². The molecule has 2 rings (SSSR count). The van der Waals surface area contributed by atoms with Crippen LogP contribution in [-0.4, -0.2) is 18.7 Å². The molecule has 0 fully saturated rings. The van der Waals surface area contributed by atoms with E-state index in [1.807, 2.05) is 13.0 Å². The number of aryl methyl sites for hydroxylation is 1. The lowest BCUT2D eigenvalue weighted by molar-refractivity contribution is 0.562. The summed E-state index contributed by atoms with van der Waals surface area (Å²) in [5.74, 6) is 0. The maximum Gasteiger partial charge on any atom is 0.182 e. The summed E-state index contributed by atoms with van der Waals surface area (Å²) >= 11 is 5.77. The van der Waals surface area contributed by atoms with Gasteiger partial charge in [0.2, 0.25) is 0 Å². The van der Waals surface area contributed by atoms with Gasteiger partial charge in [0, 0.05) is 29.1 Å². The van der Waals surface area contributed by atoms with Gasteiger partial charge in [-0.1, -0.05) is 6.92 Å². The van der Waals surface area contributed by atoms with Crippen molar-refractivity contribution in [2.45, 2.75) is 17.6 Å². The highest BCUT2D eigenvalue weighted by Gasteiger charge is 2.18. The van der Waals surface area contributed by atoms with Crippen molar-refractivity contribution in [3.05, 3.63) is 30.2 Å². The van der Waals surface area contributed by atoms with E-state index >= 15 is 0 Å². The fraction of sp³-hybridized carbons (Fsp3) is 0.200. The van der Waals surface area contributed by atoms with E-state index in [0.717, 1.165) is 16.9 Å². The quantitative estimate of drug-likeness (QED) is 0.938. The van der Waals surface area contributed by atoms with Crippen LogP contribution in [0.15, 0.2) is 28.7 Å². The van der Waals surface area contributed by atoms with Gasteiger partial charge in [0.05, 0.1) is 5.69 Å². The van der Waals surface area contributed by atoms with Crippen LogP contribution in [-0.2, 0) is 26.4 Å². The Morgan fingerprint density at radius 1 is 1.59 bits per heavy atom. The average molecular weight is 286 g/mol. The van der Waals surface area contributed by atoms with Gasteiger partial charge in [0.25, 0.3) is 0 Å². The van der Waals surface area contributed by atoms with Crippen molar-refractivity contribution in [1.29, 1.82) is 0 Å². The van der Waals surface area contributed by atoms with Crippen LogP contribution < -0.4 is 0 Å². The Kier molecular flexibility index (Phi) is 3.53. The zero-order valence-electron chi connectivity index (χ0n) is 8.99. The Hall–Kier alpha value is -0.890. The first kappa shape index (κ1) is 12.6. The lowest BCUT2D eigenvalue weighted by Gasteiger charge is -1.95. The molecule has 0 aromatic carbocycles. The molecular formula is C10H10N2O2S3. The third-order valence-corrected chi connectivity index (χ3v) is 5.53. The number of hydrogen-bond acceptors (Lipinski definition) is 5. The van der Waals surface area contributed by atoms with E-state index in [0.29, 0.717) is 17.1 Å². The molecular weight excluding hydrogens is 276 g/mol. The third kappa shape index (κ3) is 2.68. The minimum atomic E-state index is -3.36. The molecule has 1 unspecified atom stereocenters. The van der Waals surface area contributed by atoms with Gasteiger partial charge < -0.3 is 4.55 Å². The van der Waals surface area contributed by atoms with Crippen molar-refractivity contribution in [2.24, 2.45) is 0 Å². The lowest BCUT2D eigenvalue weighted by Crippen LogP contribution is -1.97. The summed E-state index contributed by atoms with van der Waals surface area (Å²) in [4.78, 5) is 8.33. The van der Waals surface area contributed by atoms with Crippen LogP contribution in [0.1, 0.15) is 12.6 Å². The zero-order chi connectivity index (χ0) is 12.5. The molecule has 7 heteroatoms. The molecule has 4 nitrogen and oxygen atoms in total. The van der Waals surface area contributed by atoms with Crippen LogP contribution in [0.4, 0.5) is 0 Å². The van der Waals surface area contributed by atoms with Crippen LogP contribution in [0.5, 0.6) is 0 Å². The van der Waals surface area contributed by atoms with Crippen LogP contribution in [0.25, 0.3) is 10.6 Å². The fourth-order valence-corrected chi connectivity index (χ4v) is 3.99. The molecule has 0 aliphatic carbocycles. The Bertz CT molecular complexity index is 620. The molecule has 0 saturated carbocycles. The molecule has 0 radical (unpaired) electrons. The number of rotatable bonds is 3. The molecule has 0 bridgehead atoms. The summed E-state index contributed by atoms with van der Waals surface area (Å²) in [6.45, 7) is 1.88. The van der Waals surface area contributed by atoms with Crippen LogP contribution in [0.3, 0.4) is 0 Å². The average Bonchev–Trinajstić information content (AvgIpc) is 2.74. The van der Waals surface area contributed by atoms with E-state index in [1.165, 1.54) is 0 Å². The number of aromatic nitrogens is 2. The predicted molar refractivity (Wildman–Crippen MR) is 71.1 cm³/mol. The van der Waals surface area contributed by atoms with Crippen molar-refractivity contribution in [1.82, 2.24) is 9.97 Å². The highest BCUT2D eigenvalue weighted by molar-refractivity contribution is 8.30. The van der Waals surface area contributed by atoms with Gasteiger partial charge in [-0.05, 0) is 18.6 Å². The van der Waals surface area contributed by atoms with Gasteiger partial charge in [0.1, 0.15) is 9.22 Å². The minimum Gasteiger partial charge on any atom is -0.301 e. The first-order valence-electron chi connectivity index (χ1n) is 4.90. The molecule has 0 saturated heterocycles. The normalized spacial score (nSPS) is 14.5. The Labute approximate surface area is 108 Å². The summed E-state index contributed by atoms with van der Waals surface area (Å²) in [5, 5.41) is 0.677. The second-order valence-electron chi connectivity index (χ2n) is 3.32. The van der Waals surface area contributed by atoms with Crippen LogP contribution >= 0.6 is 11.3 Å². The van der Waals surface area contributed by atoms with Gasteiger partial charge >= 0.3 is 0 Å². The Balaban J connectivity index is 2.57. The maximum absolute atomic E-state index is 11.5. The SMILES string of the molecule is CCc1nc(-c2cccnc2)sc1S(=O)(O)=S. The van der Waals surface area contributed by atoms with Crippen molar-refractivity contribution in [3.8, 4) is 10.6 Å². The summed E-state index contributed by atoms with van der Waals surface area (Å²) in [6.07, 6.45) is 3.92. The van der Waals surface area contributed by atoms with E-state index in [4.69, 9.17) is 0 Å². The largest absolute Gasteiger partial charge is 0.301 e. The van der Waals surface area contributed by atoms with Crippen LogP contribution in [0.2, 0.25) is 0 Å². The van der Waals surface area contributed by atoms with Crippen molar-refractivity contribution < 1.29 is 8.76 Å². The topological polar surface area (TPSA) is 63.1 Å². The van der Waals surface area contributed by atoms with Crippen LogP contribution in [0, 0.1) is 0 Å². The molecule has 1 N–H and O–H groups in total. The van der Waals surface area contributed by atoms with E-state index in [1.54, 1.807) is 18.5 Å². The molecule has 2 aromatic rings. The highest BCUT2D eigenvalue weighted by Crippen LogP contribution is 2.31. The molecule has 2 aromatic heterocycles. The number of hydrogen-bond donors (Lipinski definition) is 1.